The summed E-state index contributed by atoms with van der Waals surface area (Å²) >= 11 is 0. The summed E-state index contributed by atoms with van der Waals surface area (Å²) in [6.45, 7) is 4.93. The van der Waals surface area contributed by atoms with Crippen molar-refractivity contribution in [1.82, 2.24) is 15.2 Å². The van der Waals surface area contributed by atoms with Crippen molar-refractivity contribution < 1.29 is 9.90 Å². The molecule has 1 aliphatic rings. The summed E-state index contributed by atoms with van der Waals surface area (Å²) in [5.41, 5.74) is 3.65. The van der Waals surface area contributed by atoms with Crippen LogP contribution in [0.15, 0.2) is 24.4 Å². The Hall–Kier alpha value is -1.85. The summed E-state index contributed by atoms with van der Waals surface area (Å²) in [6.07, 6.45) is 3.01. The van der Waals surface area contributed by atoms with Gasteiger partial charge in [0.25, 0.3) is 0 Å². The molecule has 1 fully saturated rings. The van der Waals surface area contributed by atoms with Crippen LogP contribution in [0.3, 0.4) is 0 Å². The first-order valence-electron chi connectivity index (χ1n) is 7.46. The molecule has 0 amide bonds. The fraction of sp³-hybridized carbons (Fsp3) is 0.438. The van der Waals surface area contributed by atoms with Gasteiger partial charge in [-0.25, -0.2) is 0 Å². The predicted molar refractivity (Wildman–Crippen MR) is 82.4 cm³/mol. The van der Waals surface area contributed by atoms with E-state index in [1.54, 1.807) is 0 Å². The van der Waals surface area contributed by atoms with E-state index in [2.05, 4.69) is 35.4 Å². The maximum absolute atomic E-state index is 11.4. The minimum absolute atomic E-state index is 0.446. The van der Waals surface area contributed by atoms with Crippen molar-refractivity contribution in [2.45, 2.75) is 25.9 Å². The van der Waals surface area contributed by atoms with E-state index in [9.17, 15) is 9.90 Å². The zero-order valence-electron chi connectivity index (χ0n) is 12.2. The van der Waals surface area contributed by atoms with E-state index < -0.39 is 12.0 Å². The molecular formula is C16H21N3O2. The third-order valence-corrected chi connectivity index (χ3v) is 4.28. The molecule has 21 heavy (non-hydrogen) atoms. The summed E-state index contributed by atoms with van der Waals surface area (Å²) in [4.78, 5) is 16.8. The first-order valence-corrected chi connectivity index (χ1v) is 7.46. The van der Waals surface area contributed by atoms with Gasteiger partial charge < -0.3 is 15.4 Å². The molecule has 0 saturated carbocycles. The number of carboxylic acids is 1. The highest BCUT2D eigenvalue weighted by molar-refractivity contribution is 5.86. The second kappa shape index (κ2) is 5.87. The van der Waals surface area contributed by atoms with Gasteiger partial charge in [-0.2, -0.15) is 0 Å². The Bertz CT molecular complexity index is 650. The van der Waals surface area contributed by atoms with E-state index in [1.165, 1.54) is 22.0 Å². The number of nitrogens with zero attached hydrogens (tertiary/aromatic N) is 1. The van der Waals surface area contributed by atoms with Crippen LogP contribution in [0.25, 0.3) is 10.9 Å². The Morgan fingerprint density at radius 2 is 2.29 bits per heavy atom. The Balaban J connectivity index is 1.89. The first-order chi connectivity index (χ1) is 10.2. The standard InChI is InChI=1S/C16H21N3O2/c1-2-11-4-3-5-13-12(8-18-15(11)13)10-19-7-6-17-9-14(19)16(20)21/h3-5,8,14,17-18H,2,6-7,9-10H2,1H3,(H,20,21). The lowest BCUT2D eigenvalue weighted by molar-refractivity contribution is -0.144. The number of H-pyrrole nitrogens is 1. The molecule has 5 heteroatoms. The summed E-state index contributed by atoms with van der Waals surface area (Å²) in [7, 11) is 0. The van der Waals surface area contributed by atoms with E-state index in [0.717, 1.165) is 19.5 Å². The van der Waals surface area contributed by atoms with Crippen molar-refractivity contribution in [2.75, 3.05) is 19.6 Å². The molecular weight excluding hydrogens is 266 g/mol. The molecule has 5 nitrogen and oxygen atoms in total. The number of benzene rings is 1. The number of rotatable bonds is 4. The average Bonchev–Trinajstić information content (AvgIpc) is 2.91. The van der Waals surface area contributed by atoms with Crippen LogP contribution in [-0.2, 0) is 17.8 Å². The smallest absolute Gasteiger partial charge is 0.322 e. The average molecular weight is 287 g/mol. The van der Waals surface area contributed by atoms with Crippen LogP contribution in [0.2, 0.25) is 0 Å². The van der Waals surface area contributed by atoms with Gasteiger partial charge in [-0.1, -0.05) is 25.1 Å². The van der Waals surface area contributed by atoms with Gasteiger partial charge in [0.2, 0.25) is 0 Å². The lowest BCUT2D eigenvalue weighted by atomic mass is 10.1. The summed E-state index contributed by atoms with van der Waals surface area (Å²) in [5.74, 6) is -0.753. The van der Waals surface area contributed by atoms with Gasteiger partial charge in [-0.3, -0.25) is 9.69 Å². The molecule has 1 atom stereocenters. The number of para-hydroxylation sites is 1. The molecule has 0 bridgehead atoms. The number of carboxylic acid groups (broad SMARTS) is 1. The largest absolute Gasteiger partial charge is 0.480 e. The molecule has 3 rings (SSSR count). The molecule has 112 valence electrons. The summed E-state index contributed by atoms with van der Waals surface area (Å²) in [6, 6.07) is 5.87. The van der Waals surface area contributed by atoms with E-state index in [0.29, 0.717) is 13.1 Å². The van der Waals surface area contributed by atoms with E-state index in [1.807, 2.05) is 11.1 Å². The molecule has 1 aromatic carbocycles. The molecule has 0 spiro atoms. The van der Waals surface area contributed by atoms with Gasteiger partial charge in [-0.15, -0.1) is 0 Å². The van der Waals surface area contributed by atoms with Crippen molar-refractivity contribution in [3.05, 3.63) is 35.5 Å². The van der Waals surface area contributed by atoms with Crippen LogP contribution in [-0.4, -0.2) is 46.6 Å². The third-order valence-electron chi connectivity index (χ3n) is 4.28. The lowest BCUT2D eigenvalue weighted by Gasteiger charge is -2.33. The number of aryl methyl sites for hydroxylation is 1. The van der Waals surface area contributed by atoms with Gasteiger partial charge in [0.1, 0.15) is 6.04 Å². The maximum atomic E-state index is 11.4. The normalized spacial score (nSPS) is 20.0. The fourth-order valence-electron chi connectivity index (χ4n) is 3.10. The van der Waals surface area contributed by atoms with Crippen LogP contribution in [0, 0.1) is 0 Å². The second-order valence-electron chi connectivity index (χ2n) is 5.54. The Morgan fingerprint density at radius 3 is 3.05 bits per heavy atom. The van der Waals surface area contributed by atoms with Gasteiger partial charge in [-0.05, 0) is 17.5 Å². The van der Waals surface area contributed by atoms with Crippen molar-refractivity contribution in [3.8, 4) is 0 Å². The minimum Gasteiger partial charge on any atom is -0.480 e. The summed E-state index contributed by atoms with van der Waals surface area (Å²) in [5, 5.41) is 13.7. The fourth-order valence-corrected chi connectivity index (χ4v) is 3.10. The first kappa shape index (κ1) is 14.1. The zero-order valence-corrected chi connectivity index (χ0v) is 12.2. The van der Waals surface area contributed by atoms with Gasteiger partial charge in [0, 0.05) is 43.3 Å². The second-order valence-corrected chi connectivity index (χ2v) is 5.54. The van der Waals surface area contributed by atoms with Crippen molar-refractivity contribution in [2.24, 2.45) is 0 Å². The number of carbonyl (C=O) groups is 1. The quantitative estimate of drug-likeness (QED) is 0.799. The number of hydrogen-bond acceptors (Lipinski definition) is 3. The molecule has 0 aliphatic carbocycles. The van der Waals surface area contributed by atoms with E-state index in [4.69, 9.17) is 0 Å². The highest BCUT2D eigenvalue weighted by Crippen LogP contribution is 2.24. The molecule has 1 aromatic heterocycles. The highest BCUT2D eigenvalue weighted by atomic mass is 16.4. The summed E-state index contributed by atoms with van der Waals surface area (Å²) < 4.78 is 0. The number of hydrogen-bond donors (Lipinski definition) is 3. The minimum atomic E-state index is -0.753. The number of aromatic nitrogens is 1. The Morgan fingerprint density at radius 1 is 1.43 bits per heavy atom. The molecule has 1 aliphatic heterocycles. The van der Waals surface area contributed by atoms with Crippen LogP contribution >= 0.6 is 0 Å². The highest BCUT2D eigenvalue weighted by Gasteiger charge is 2.28. The zero-order chi connectivity index (χ0) is 14.8. The monoisotopic (exact) mass is 287 g/mol. The van der Waals surface area contributed by atoms with Crippen LogP contribution < -0.4 is 5.32 Å². The molecule has 1 saturated heterocycles. The van der Waals surface area contributed by atoms with Crippen LogP contribution in [0.4, 0.5) is 0 Å². The molecule has 3 N–H and O–H groups in total. The van der Waals surface area contributed by atoms with E-state index in [-0.39, 0.29) is 0 Å². The molecule has 0 radical (unpaired) electrons. The van der Waals surface area contributed by atoms with Crippen molar-refractivity contribution in [1.29, 1.82) is 0 Å². The van der Waals surface area contributed by atoms with Crippen LogP contribution in [0.1, 0.15) is 18.1 Å². The SMILES string of the molecule is CCc1cccc2c(CN3CCNCC3C(=O)O)c[nH]c12. The predicted octanol–water partition coefficient (Wildman–Crippen LogP) is 1.59. The number of nitrogens with one attached hydrogen (secondary N) is 2. The lowest BCUT2D eigenvalue weighted by Crippen LogP contribution is -2.54. The van der Waals surface area contributed by atoms with E-state index >= 15 is 0 Å². The van der Waals surface area contributed by atoms with Gasteiger partial charge >= 0.3 is 5.97 Å². The number of piperazine rings is 1. The molecule has 1 unspecified atom stereocenters. The molecule has 2 heterocycles. The van der Waals surface area contributed by atoms with Crippen molar-refractivity contribution in [3.63, 3.8) is 0 Å². The Kier molecular flexibility index (Phi) is 3.94. The van der Waals surface area contributed by atoms with Crippen LogP contribution in [0.5, 0.6) is 0 Å². The number of fused-ring (bicyclic) bond motifs is 1. The third kappa shape index (κ3) is 2.66. The van der Waals surface area contributed by atoms with Crippen molar-refractivity contribution >= 4 is 16.9 Å². The maximum Gasteiger partial charge on any atom is 0.322 e. The topological polar surface area (TPSA) is 68.4 Å². The number of aliphatic carboxylic acids is 1. The number of aromatic amines is 1. The van der Waals surface area contributed by atoms with Gasteiger partial charge in [0.15, 0.2) is 0 Å². The molecule has 2 aromatic rings. The Labute approximate surface area is 124 Å². The van der Waals surface area contributed by atoms with Gasteiger partial charge in [0.05, 0.1) is 0 Å².